The molecule has 0 aliphatic rings. The van der Waals surface area contributed by atoms with Crippen LogP contribution >= 0.6 is 0 Å². The fraction of sp³-hybridized carbons (Fsp3) is 0.538. The predicted octanol–water partition coefficient (Wildman–Crippen LogP) is 3.05. The molecule has 0 aromatic heterocycles. The van der Waals surface area contributed by atoms with Gasteiger partial charge in [0.15, 0.2) is 0 Å². The van der Waals surface area contributed by atoms with Crippen molar-refractivity contribution in [3.63, 3.8) is 0 Å². The third kappa shape index (κ3) is 4.19. The summed E-state index contributed by atoms with van der Waals surface area (Å²) >= 11 is 0. The van der Waals surface area contributed by atoms with E-state index in [4.69, 9.17) is 19.9 Å². The Morgan fingerprint density at radius 1 is 1.05 bits per heavy atom. The van der Waals surface area contributed by atoms with Crippen molar-refractivity contribution in [2.24, 2.45) is 5.73 Å². The Balaban J connectivity index is 3.08. The van der Waals surface area contributed by atoms with Crippen LogP contribution in [-0.4, -0.2) is 27.5 Å². The van der Waals surface area contributed by atoms with Crippen LogP contribution < -0.4 is 19.9 Å². The first-order chi connectivity index (χ1) is 9.32. The summed E-state index contributed by atoms with van der Waals surface area (Å²) in [5.41, 5.74) is 6.25. The minimum absolute atomic E-state index is 0.247. The van der Waals surface area contributed by atoms with E-state index < -0.39 is 18.6 Å². The standard InChI is InChI=1S/C13H18F3NO3/c1-18-8-6-10(19-2)12(11(7-8)20-3)9(17)4-5-13(14,15)16/h6-7,9H,4-5,17H2,1-3H3/t9-/m0/s1. The lowest BCUT2D eigenvalue weighted by Crippen LogP contribution is -2.17. The number of hydrogen-bond donors (Lipinski definition) is 1. The van der Waals surface area contributed by atoms with Crippen molar-refractivity contribution in [1.82, 2.24) is 0 Å². The normalized spacial score (nSPS) is 12.9. The van der Waals surface area contributed by atoms with E-state index in [9.17, 15) is 13.2 Å². The van der Waals surface area contributed by atoms with E-state index in [1.807, 2.05) is 0 Å². The number of nitrogens with two attached hydrogens (primary N) is 1. The maximum Gasteiger partial charge on any atom is 0.389 e. The zero-order chi connectivity index (χ0) is 15.3. The second-order valence-electron chi connectivity index (χ2n) is 4.21. The number of alkyl halides is 3. The van der Waals surface area contributed by atoms with Gasteiger partial charge in [-0.15, -0.1) is 0 Å². The van der Waals surface area contributed by atoms with E-state index in [0.717, 1.165) is 0 Å². The highest BCUT2D eigenvalue weighted by atomic mass is 19.4. The lowest BCUT2D eigenvalue weighted by Gasteiger charge is -2.20. The topological polar surface area (TPSA) is 53.7 Å². The summed E-state index contributed by atoms with van der Waals surface area (Å²) in [6.45, 7) is 0. The molecule has 1 atom stereocenters. The van der Waals surface area contributed by atoms with Gasteiger partial charge in [-0.3, -0.25) is 0 Å². The monoisotopic (exact) mass is 293 g/mol. The molecular formula is C13H18F3NO3. The lowest BCUT2D eigenvalue weighted by atomic mass is 10.00. The molecule has 0 spiro atoms. The number of halogens is 3. The summed E-state index contributed by atoms with van der Waals surface area (Å²) in [4.78, 5) is 0. The Morgan fingerprint density at radius 2 is 1.55 bits per heavy atom. The number of hydrogen-bond acceptors (Lipinski definition) is 4. The highest BCUT2D eigenvalue weighted by Gasteiger charge is 2.29. The quantitative estimate of drug-likeness (QED) is 0.876. The van der Waals surface area contributed by atoms with Crippen LogP contribution in [0.5, 0.6) is 17.2 Å². The minimum Gasteiger partial charge on any atom is -0.496 e. The van der Waals surface area contributed by atoms with Gasteiger partial charge in [0.25, 0.3) is 0 Å². The van der Waals surface area contributed by atoms with Crippen molar-refractivity contribution >= 4 is 0 Å². The number of ether oxygens (including phenoxy) is 3. The molecule has 0 amide bonds. The molecule has 1 aromatic rings. The maximum atomic E-state index is 12.3. The molecule has 0 aliphatic carbocycles. The Morgan fingerprint density at radius 3 is 1.90 bits per heavy atom. The van der Waals surface area contributed by atoms with Gasteiger partial charge in [-0.2, -0.15) is 13.2 Å². The molecule has 0 heterocycles. The van der Waals surface area contributed by atoms with Gasteiger partial charge in [0.1, 0.15) is 17.2 Å². The van der Waals surface area contributed by atoms with Crippen molar-refractivity contribution in [2.45, 2.75) is 25.1 Å². The zero-order valence-corrected chi connectivity index (χ0v) is 11.6. The van der Waals surface area contributed by atoms with Crippen molar-refractivity contribution in [3.05, 3.63) is 17.7 Å². The molecule has 1 aromatic carbocycles. The van der Waals surface area contributed by atoms with E-state index in [-0.39, 0.29) is 6.42 Å². The molecule has 114 valence electrons. The molecule has 4 nitrogen and oxygen atoms in total. The lowest BCUT2D eigenvalue weighted by molar-refractivity contribution is -0.136. The van der Waals surface area contributed by atoms with Crippen molar-refractivity contribution in [1.29, 1.82) is 0 Å². The van der Waals surface area contributed by atoms with Gasteiger partial charge in [-0.1, -0.05) is 0 Å². The smallest absolute Gasteiger partial charge is 0.389 e. The van der Waals surface area contributed by atoms with Crippen LogP contribution in [0.2, 0.25) is 0 Å². The van der Waals surface area contributed by atoms with E-state index in [1.54, 1.807) is 12.1 Å². The summed E-state index contributed by atoms with van der Waals surface area (Å²) < 4.78 is 52.2. The fourth-order valence-electron chi connectivity index (χ4n) is 1.86. The molecule has 0 radical (unpaired) electrons. The second kappa shape index (κ2) is 6.69. The van der Waals surface area contributed by atoms with Gasteiger partial charge < -0.3 is 19.9 Å². The average molecular weight is 293 g/mol. The molecule has 0 saturated carbocycles. The highest BCUT2D eigenvalue weighted by molar-refractivity contribution is 5.52. The van der Waals surface area contributed by atoms with Crippen LogP contribution in [0.25, 0.3) is 0 Å². The molecule has 1 rings (SSSR count). The maximum absolute atomic E-state index is 12.3. The largest absolute Gasteiger partial charge is 0.496 e. The van der Waals surface area contributed by atoms with E-state index in [0.29, 0.717) is 22.8 Å². The summed E-state index contributed by atoms with van der Waals surface area (Å²) in [5.74, 6) is 1.16. The van der Waals surface area contributed by atoms with Crippen molar-refractivity contribution in [3.8, 4) is 17.2 Å². The van der Waals surface area contributed by atoms with E-state index in [1.165, 1.54) is 21.3 Å². The second-order valence-corrected chi connectivity index (χ2v) is 4.21. The minimum atomic E-state index is -4.25. The highest BCUT2D eigenvalue weighted by Crippen LogP contribution is 2.39. The van der Waals surface area contributed by atoms with Crippen LogP contribution in [0.4, 0.5) is 13.2 Å². The van der Waals surface area contributed by atoms with E-state index in [2.05, 4.69) is 0 Å². The molecular weight excluding hydrogens is 275 g/mol. The number of benzene rings is 1. The Bertz CT molecular complexity index is 424. The van der Waals surface area contributed by atoms with Crippen LogP contribution in [0.15, 0.2) is 12.1 Å². The summed E-state index contributed by atoms with van der Waals surface area (Å²) in [5, 5.41) is 0. The Hall–Kier alpha value is -1.63. The van der Waals surface area contributed by atoms with Crippen LogP contribution in [-0.2, 0) is 0 Å². The van der Waals surface area contributed by atoms with Gasteiger partial charge >= 0.3 is 6.18 Å². The van der Waals surface area contributed by atoms with Gasteiger partial charge in [-0.05, 0) is 6.42 Å². The van der Waals surface area contributed by atoms with Gasteiger partial charge in [0.2, 0.25) is 0 Å². The molecule has 2 N–H and O–H groups in total. The average Bonchev–Trinajstić information content (AvgIpc) is 2.42. The summed E-state index contributed by atoms with van der Waals surface area (Å²) in [6.07, 6.45) is -5.46. The van der Waals surface area contributed by atoms with Crippen LogP contribution in [0.3, 0.4) is 0 Å². The number of rotatable bonds is 6. The van der Waals surface area contributed by atoms with Gasteiger partial charge in [0.05, 0.1) is 26.9 Å². The van der Waals surface area contributed by atoms with Crippen molar-refractivity contribution in [2.75, 3.05) is 21.3 Å². The summed E-state index contributed by atoms with van der Waals surface area (Å²) in [6, 6.07) is 2.28. The molecule has 0 saturated heterocycles. The molecule has 0 unspecified atom stereocenters. The Labute approximate surface area is 115 Å². The molecule has 0 bridgehead atoms. The van der Waals surface area contributed by atoms with Crippen LogP contribution in [0, 0.1) is 0 Å². The first-order valence-electron chi connectivity index (χ1n) is 5.94. The predicted molar refractivity (Wildman–Crippen MR) is 68.3 cm³/mol. The van der Waals surface area contributed by atoms with E-state index >= 15 is 0 Å². The SMILES string of the molecule is COc1cc(OC)c([C@@H](N)CCC(F)(F)F)c(OC)c1. The molecule has 0 aliphatic heterocycles. The van der Waals surface area contributed by atoms with Gasteiger partial charge in [-0.25, -0.2) is 0 Å². The van der Waals surface area contributed by atoms with Crippen molar-refractivity contribution < 1.29 is 27.4 Å². The van der Waals surface area contributed by atoms with Gasteiger partial charge in [0, 0.05) is 24.6 Å². The first kappa shape index (κ1) is 16.4. The third-order valence-electron chi connectivity index (χ3n) is 2.86. The Kier molecular flexibility index (Phi) is 5.50. The molecule has 7 heteroatoms. The molecule has 20 heavy (non-hydrogen) atoms. The third-order valence-corrected chi connectivity index (χ3v) is 2.86. The number of methoxy groups -OCH3 is 3. The summed E-state index contributed by atoms with van der Waals surface area (Å²) in [7, 11) is 4.29. The fourth-order valence-corrected chi connectivity index (χ4v) is 1.86. The zero-order valence-electron chi connectivity index (χ0n) is 11.6. The molecule has 0 fully saturated rings. The first-order valence-corrected chi connectivity index (χ1v) is 5.94. The van der Waals surface area contributed by atoms with Crippen LogP contribution in [0.1, 0.15) is 24.4 Å².